The van der Waals surface area contributed by atoms with Crippen LogP contribution in [0.4, 0.5) is 0 Å². The first kappa shape index (κ1) is 19.2. The van der Waals surface area contributed by atoms with Gasteiger partial charge in [0.1, 0.15) is 11.5 Å². The summed E-state index contributed by atoms with van der Waals surface area (Å²) in [7, 11) is 3.24. The van der Waals surface area contributed by atoms with Gasteiger partial charge < -0.3 is 14.8 Å². The van der Waals surface area contributed by atoms with Gasteiger partial charge in [0.2, 0.25) is 5.91 Å². The Bertz CT molecular complexity index is 718. The molecular formula is C20H25NO3S. The van der Waals surface area contributed by atoms with Crippen LogP contribution < -0.4 is 14.8 Å². The van der Waals surface area contributed by atoms with Crippen LogP contribution in [-0.4, -0.2) is 25.9 Å². The third-order valence-electron chi connectivity index (χ3n) is 4.03. The van der Waals surface area contributed by atoms with Crippen molar-refractivity contribution in [1.82, 2.24) is 5.32 Å². The summed E-state index contributed by atoms with van der Waals surface area (Å²) < 4.78 is 10.6. The molecule has 4 nitrogen and oxygen atoms in total. The molecule has 2 aromatic rings. The molecule has 5 heteroatoms. The van der Waals surface area contributed by atoms with E-state index in [-0.39, 0.29) is 11.9 Å². The number of hydrogen-bond acceptors (Lipinski definition) is 4. The molecule has 1 atom stereocenters. The van der Waals surface area contributed by atoms with Crippen molar-refractivity contribution in [1.29, 1.82) is 0 Å². The van der Waals surface area contributed by atoms with Crippen LogP contribution >= 0.6 is 11.8 Å². The lowest BCUT2D eigenvalue weighted by molar-refractivity contribution is -0.119. The fourth-order valence-corrected chi connectivity index (χ4v) is 3.48. The Balaban J connectivity index is 1.91. The molecule has 0 unspecified atom stereocenters. The maximum atomic E-state index is 12.3. The Morgan fingerprint density at radius 1 is 1.16 bits per heavy atom. The summed E-state index contributed by atoms with van der Waals surface area (Å²) in [6.45, 7) is 4.04. The SMILES string of the molecule is COc1ccc(OC)c([C@@H](C)NC(=O)CSCc2ccccc2C)c1. The number of carbonyl (C=O) groups excluding carboxylic acids is 1. The van der Waals surface area contributed by atoms with Crippen molar-refractivity contribution in [2.24, 2.45) is 0 Å². The number of carbonyl (C=O) groups is 1. The van der Waals surface area contributed by atoms with Crippen molar-refractivity contribution in [2.75, 3.05) is 20.0 Å². The highest BCUT2D eigenvalue weighted by Gasteiger charge is 2.15. The number of thioether (sulfide) groups is 1. The molecule has 134 valence electrons. The molecule has 0 fully saturated rings. The van der Waals surface area contributed by atoms with Crippen LogP contribution in [0.15, 0.2) is 42.5 Å². The second kappa shape index (κ2) is 9.37. The minimum Gasteiger partial charge on any atom is -0.497 e. The van der Waals surface area contributed by atoms with E-state index in [0.717, 1.165) is 22.8 Å². The third kappa shape index (κ3) is 5.43. The van der Waals surface area contributed by atoms with Gasteiger partial charge in [-0.15, -0.1) is 11.8 Å². The van der Waals surface area contributed by atoms with Crippen molar-refractivity contribution < 1.29 is 14.3 Å². The molecule has 0 radical (unpaired) electrons. The van der Waals surface area contributed by atoms with Crippen LogP contribution in [0.2, 0.25) is 0 Å². The van der Waals surface area contributed by atoms with Gasteiger partial charge in [0.15, 0.2) is 0 Å². The van der Waals surface area contributed by atoms with E-state index in [1.54, 1.807) is 26.0 Å². The Morgan fingerprint density at radius 2 is 1.92 bits per heavy atom. The summed E-state index contributed by atoms with van der Waals surface area (Å²) in [5.41, 5.74) is 3.42. The Morgan fingerprint density at radius 3 is 2.60 bits per heavy atom. The van der Waals surface area contributed by atoms with Crippen molar-refractivity contribution in [3.05, 3.63) is 59.2 Å². The molecule has 2 aromatic carbocycles. The average Bonchev–Trinajstić information content (AvgIpc) is 2.62. The zero-order valence-electron chi connectivity index (χ0n) is 15.2. The van der Waals surface area contributed by atoms with Crippen molar-refractivity contribution in [2.45, 2.75) is 25.6 Å². The summed E-state index contributed by atoms with van der Waals surface area (Å²) in [5.74, 6) is 2.74. The monoisotopic (exact) mass is 359 g/mol. The van der Waals surface area contributed by atoms with E-state index in [1.165, 1.54) is 11.1 Å². The molecular weight excluding hydrogens is 334 g/mol. The van der Waals surface area contributed by atoms with Gasteiger partial charge in [0.25, 0.3) is 0 Å². The Kier molecular flexibility index (Phi) is 7.19. The van der Waals surface area contributed by atoms with Gasteiger partial charge in [-0.25, -0.2) is 0 Å². The molecule has 0 bridgehead atoms. The Hall–Kier alpha value is -2.14. The van der Waals surface area contributed by atoms with Gasteiger partial charge >= 0.3 is 0 Å². The summed E-state index contributed by atoms with van der Waals surface area (Å²) in [6.07, 6.45) is 0. The van der Waals surface area contributed by atoms with Crippen LogP contribution in [0, 0.1) is 6.92 Å². The number of methoxy groups -OCH3 is 2. The average molecular weight is 359 g/mol. The molecule has 1 N–H and O–H groups in total. The summed E-state index contributed by atoms with van der Waals surface area (Å²) >= 11 is 1.62. The smallest absolute Gasteiger partial charge is 0.230 e. The number of ether oxygens (including phenoxy) is 2. The molecule has 25 heavy (non-hydrogen) atoms. The lowest BCUT2D eigenvalue weighted by Crippen LogP contribution is -2.28. The number of rotatable bonds is 8. The minimum absolute atomic E-state index is 0.0101. The van der Waals surface area contributed by atoms with Gasteiger partial charge in [0, 0.05) is 11.3 Å². The highest BCUT2D eigenvalue weighted by molar-refractivity contribution is 7.99. The fourth-order valence-electron chi connectivity index (χ4n) is 2.56. The van der Waals surface area contributed by atoms with Crippen LogP contribution in [0.1, 0.15) is 29.7 Å². The molecule has 0 aromatic heterocycles. The Labute approximate surface area is 153 Å². The molecule has 0 heterocycles. The van der Waals surface area contributed by atoms with Crippen LogP contribution in [0.3, 0.4) is 0 Å². The number of benzene rings is 2. The summed E-state index contributed by atoms with van der Waals surface area (Å²) in [4.78, 5) is 12.3. The van der Waals surface area contributed by atoms with Crippen LogP contribution in [0.5, 0.6) is 11.5 Å². The normalized spacial score (nSPS) is 11.7. The van der Waals surface area contributed by atoms with Gasteiger partial charge in [-0.2, -0.15) is 0 Å². The molecule has 1 amide bonds. The third-order valence-corrected chi connectivity index (χ3v) is 5.01. The first-order valence-electron chi connectivity index (χ1n) is 8.18. The maximum absolute atomic E-state index is 12.3. The van der Waals surface area contributed by atoms with E-state index in [4.69, 9.17) is 9.47 Å². The van der Waals surface area contributed by atoms with Crippen molar-refractivity contribution >= 4 is 17.7 Å². The first-order chi connectivity index (χ1) is 12.0. The lowest BCUT2D eigenvalue weighted by atomic mass is 10.1. The molecule has 2 rings (SSSR count). The molecule has 0 saturated heterocycles. The van der Waals surface area contributed by atoms with E-state index >= 15 is 0 Å². The number of aryl methyl sites for hydroxylation is 1. The van der Waals surface area contributed by atoms with Gasteiger partial charge in [-0.1, -0.05) is 24.3 Å². The first-order valence-corrected chi connectivity index (χ1v) is 9.34. The second-order valence-corrected chi connectivity index (χ2v) is 6.80. The lowest BCUT2D eigenvalue weighted by Gasteiger charge is -2.18. The van der Waals surface area contributed by atoms with Crippen LogP contribution in [-0.2, 0) is 10.5 Å². The molecule has 0 saturated carbocycles. The topological polar surface area (TPSA) is 47.6 Å². The quantitative estimate of drug-likeness (QED) is 0.770. The minimum atomic E-state index is -0.156. The number of nitrogens with one attached hydrogen (secondary N) is 1. The van der Waals surface area contributed by atoms with E-state index in [1.807, 2.05) is 37.3 Å². The van der Waals surface area contributed by atoms with Gasteiger partial charge in [-0.05, 0) is 43.2 Å². The molecule has 0 aliphatic rings. The van der Waals surface area contributed by atoms with E-state index in [0.29, 0.717) is 5.75 Å². The molecule has 0 aliphatic carbocycles. The van der Waals surface area contributed by atoms with Gasteiger partial charge in [0.05, 0.1) is 26.0 Å². The predicted octanol–water partition coefficient (Wildman–Crippen LogP) is 4.12. The number of hydrogen-bond donors (Lipinski definition) is 1. The molecule has 0 spiro atoms. The van der Waals surface area contributed by atoms with Crippen molar-refractivity contribution in [3.8, 4) is 11.5 Å². The number of amides is 1. The maximum Gasteiger partial charge on any atom is 0.230 e. The van der Waals surface area contributed by atoms with E-state index in [9.17, 15) is 4.79 Å². The zero-order valence-corrected chi connectivity index (χ0v) is 16.0. The van der Waals surface area contributed by atoms with E-state index in [2.05, 4.69) is 24.4 Å². The fraction of sp³-hybridized carbons (Fsp3) is 0.350. The van der Waals surface area contributed by atoms with Gasteiger partial charge in [-0.3, -0.25) is 4.79 Å². The second-order valence-electron chi connectivity index (χ2n) is 5.82. The highest BCUT2D eigenvalue weighted by atomic mass is 32.2. The molecule has 0 aliphatic heterocycles. The summed E-state index contributed by atoms with van der Waals surface area (Å²) in [5, 5.41) is 3.03. The zero-order chi connectivity index (χ0) is 18.2. The summed E-state index contributed by atoms with van der Waals surface area (Å²) in [6, 6.07) is 13.7. The predicted molar refractivity (Wildman–Crippen MR) is 103 cm³/mol. The standard InChI is InChI=1S/C20H25NO3S/c1-14-7-5-6-8-16(14)12-25-13-20(22)21-15(2)18-11-17(23-3)9-10-19(18)24-4/h5-11,15H,12-13H2,1-4H3,(H,21,22)/t15-/m1/s1. The van der Waals surface area contributed by atoms with Crippen molar-refractivity contribution in [3.63, 3.8) is 0 Å². The highest BCUT2D eigenvalue weighted by Crippen LogP contribution is 2.29. The van der Waals surface area contributed by atoms with E-state index < -0.39 is 0 Å². The van der Waals surface area contributed by atoms with Crippen LogP contribution in [0.25, 0.3) is 0 Å². The largest absolute Gasteiger partial charge is 0.497 e.